The van der Waals surface area contributed by atoms with Gasteiger partial charge in [0, 0.05) is 12.7 Å². The van der Waals surface area contributed by atoms with Gasteiger partial charge in [-0.25, -0.2) is 4.39 Å². The summed E-state index contributed by atoms with van der Waals surface area (Å²) in [7, 11) is 1.81. The first-order chi connectivity index (χ1) is 6.50. The normalized spacial score (nSPS) is 10.0. The van der Waals surface area contributed by atoms with Crippen molar-refractivity contribution in [2.24, 2.45) is 0 Å². The zero-order valence-electron chi connectivity index (χ0n) is 8.67. The highest BCUT2D eigenvalue weighted by atomic mass is 19.1. The third kappa shape index (κ3) is 2.55. The van der Waals surface area contributed by atoms with Crippen molar-refractivity contribution in [2.45, 2.75) is 13.8 Å². The summed E-state index contributed by atoms with van der Waals surface area (Å²) >= 11 is 0. The summed E-state index contributed by atoms with van der Waals surface area (Å²) in [6.45, 7) is 3.60. The molecule has 1 aromatic carbocycles. The zero-order valence-corrected chi connectivity index (χ0v) is 8.67. The van der Waals surface area contributed by atoms with Crippen LogP contribution in [0.1, 0.15) is 12.5 Å². The van der Waals surface area contributed by atoms with E-state index in [-0.39, 0.29) is 11.6 Å². The molecule has 0 aliphatic heterocycles. The summed E-state index contributed by atoms with van der Waals surface area (Å²) in [5, 5.41) is 0. The summed E-state index contributed by atoms with van der Waals surface area (Å²) < 4.78 is 12.9. The van der Waals surface area contributed by atoms with Crippen molar-refractivity contribution in [3.63, 3.8) is 0 Å². The third-order valence-corrected chi connectivity index (χ3v) is 2.04. The van der Waals surface area contributed by atoms with Gasteiger partial charge in [0.2, 0.25) is 0 Å². The van der Waals surface area contributed by atoms with E-state index in [2.05, 4.69) is 0 Å². The number of hydrogen-bond acceptors (Lipinski definition) is 2. The number of halogens is 1. The minimum Gasteiger partial charge on any atom is -0.367 e. The smallest absolute Gasteiger partial charge is 0.149 e. The number of ketones is 1. The molecule has 0 amide bonds. The second kappa shape index (κ2) is 4.22. The Bertz CT molecular complexity index is 349. The summed E-state index contributed by atoms with van der Waals surface area (Å²) in [6.07, 6.45) is 0. The van der Waals surface area contributed by atoms with Gasteiger partial charge in [0.05, 0.1) is 6.54 Å². The van der Waals surface area contributed by atoms with Gasteiger partial charge in [-0.15, -0.1) is 0 Å². The summed E-state index contributed by atoms with van der Waals surface area (Å²) in [6, 6.07) is 4.82. The monoisotopic (exact) mass is 195 g/mol. The Kier molecular flexibility index (Phi) is 3.23. The topological polar surface area (TPSA) is 20.3 Å². The number of benzene rings is 1. The lowest BCUT2D eigenvalue weighted by atomic mass is 10.2. The fourth-order valence-corrected chi connectivity index (χ4v) is 1.29. The van der Waals surface area contributed by atoms with Crippen molar-refractivity contribution in [3.05, 3.63) is 29.6 Å². The van der Waals surface area contributed by atoms with Crippen LogP contribution in [0.3, 0.4) is 0 Å². The fraction of sp³-hybridized carbons (Fsp3) is 0.364. The van der Waals surface area contributed by atoms with E-state index in [4.69, 9.17) is 0 Å². The average Bonchev–Trinajstić information content (AvgIpc) is 2.08. The molecule has 0 saturated heterocycles. The third-order valence-electron chi connectivity index (χ3n) is 2.04. The standard InChI is InChI=1S/C11H14FNO/c1-8-6-10(4-5-11(8)12)13(3)7-9(2)14/h4-6H,7H2,1-3H3. The molecule has 0 aliphatic rings. The van der Waals surface area contributed by atoms with Crippen LogP contribution in [-0.2, 0) is 4.79 Å². The molecule has 0 unspecified atom stereocenters. The number of likely N-dealkylation sites (N-methyl/N-ethyl adjacent to an activating group) is 1. The molecule has 0 bridgehead atoms. The Morgan fingerprint density at radius 3 is 2.64 bits per heavy atom. The number of Topliss-reactive ketones (excluding diaryl/α,β-unsaturated/α-hetero) is 1. The van der Waals surface area contributed by atoms with Gasteiger partial charge in [0.25, 0.3) is 0 Å². The van der Waals surface area contributed by atoms with Crippen molar-refractivity contribution in [1.82, 2.24) is 0 Å². The minimum absolute atomic E-state index is 0.0921. The number of anilines is 1. The number of nitrogens with zero attached hydrogens (tertiary/aromatic N) is 1. The zero-order chi connectivity index (χ0) is 10.7. The molecular weight excluding hydrogens is 181 g/mol. The Morgan fingerprint density at radius 2 is 2.14 bits per heavy atom. The molecule has 1 rings (SSSR count). The molecule has 3 heteroatoms. The minimum atomic E-state index is -0.218. The van der Waals surface area contributed by atoms with Crippen LogP contribution in [0, 0.1) is 12.7 Å². The Labute approximate surface area is 83.3 Å². The quantitative estimate of drug-likeness (QED) is 0.736. The first-order valence-corrected chi connectivity index (χ1v) is 4.47. The van der Waals surface area contributed by atoms with Gasteiger partial charge in [-0.3, -0.25) is 4.79 Å². The summed E-state index contributed by atoms with van der Waals surface area (Å²) in [5.41, 5.74) is 1.46. The van der Waals surface area contributed by atoms with Crippen molar-refractivity contribution in [3.8, 4) is 0 Å². The Balaban J connectivity index is 2.85. The largest absolute Gasteiger partial charge is 0.367 e. The van der Waals surface area contributed by atoms with Crippen LogP contribution < -0.4 is 4.90 Å². The van der Waals surface area contributed by atoms with Crippen LogP contribution in [0.4, 0.5) is 10.1 Å². The maximum atomic E-state index is 12.9. The predicted molar refractivity (Wildman–Crippen MR) is 55.1 cm³/mol. The van der Waals surface area contributed by atoms with E-state index in [9.17, 15) is 9.18 Å². The molecule has 1 aromatic rings. The van der Waals surface area contributed by atoms with Crippen molar-refractivity contribution >= 4 is 11.5 Å². The molecule has 0 spiro atoms. The van der Waals surface area contributed by atoms with E-state index in [0.29, 0.717) is 12.1 Å². The van der Waals surface area contributed by atoms with E-state index >= 15 is 0 Å². The average molecular weight is 195 g/mol. The molecule has 0 heterocycles. The van der Waals surface area contributed by atoms with Crippen LogP contribution in [0.2, 0.25) is 0 Å². The SMILES string of the molecule is CC(=O)CN(C)c1ccc(F)c(C)c1. The molecule has 2 nitrogen and oxygen atoms in total. The van der Waals surface area contributed by atoms with Gasteiger partial charge in [-0.05, 0) is 37.6 Å². The first-order valence-electron chi connectivity index (χ1n) is 4.47. The molecule has 0 saturated carbocycles. The maximum absolute atomic E-state index is 12.9. The number of carbonyl (C=O) groups excluding carboxylic acids is 1. The lowest BCUT2D eigenvalue weighted by Crippen LogP contribution is -2.23. The van der Waals surface area contributed by atoms with Crippen LogP contribution in [0.15, 0.2) is 18.2 Å². The number of aryl methyl sites for hydroxylation is 1. The second-order valence-electron chi connectivity index (χ2n) is 3.49. The lowest BCUT2D eigenvalue weighted by molar-refractivity contribution is -0.115. The van der Waals surface area contributed by atoms with Crippen molar-refractivity contribution in [1.29, 1.82) is 0 Å². The van der Waals surface area contributed by atoms with Crippen LogP contribution in [0.25, 0.3) is 0 Å². The van der Waals surface area contributed by atoms with Crippen molar-refractivity contribution < 1.29 is 9.18 Å². The van der Waals surface area contributed by atoms with E-state index in [1.54, 1.807) is 24.0 Å². The molecule has 0 radical (unpaired) electrons. The van der Waals surface area contributed by atoms with Gasteiger partial charge >= 0.3 is 0 Å². The Hall–Kier alpha value is -1.38. The van der Waals surface area contributed by atoms with Gasteiger partial charge in [-0.1, -0.05) is 0 Å². The highest BCUT2D eigenvalue weighted by Gasteiger charge is 2.05. The fourth-order valence-electron chi connectivity index (χ4n) is 1.29. The maximum Gasteiger partial charge on any atom is 0.149 e. The van der Waals surface area contributed by atoms with E-state index in [1.807, 2.05) is 7.05 Å². The van der Waals surface area contributed by atoms with Crippen molar-refractivity contribution in [2.75, 3.05) is 18.5 Å². The van der Waals surface area contributed by atoms with Gasteiger partial charge in [0.15, 0.2) is 0 Å². The molecule has 0 fully saturated rings. The molecule has 0 N–H and O–H groups in total. The second-order valence-corrected chi connectivity index (χ2v) is 3.49. The van der Waals surface area contributed by atoms with Crippen LogP contribution in [0.5, 0.6) is 0 Å². The lowest BCUT2D eigenvalue weighted by Gasteiger charge is -2.17. The van der Waals surface area contributed by atoms with E-state index in [0.717, 1.165) is 5.69 Å². The molecule has 0 aliphatic carbocycles. The predicted octanol–water partition coefficient (Wildman–Crippen LogP) is 2.16. The number of rotatable bonds is 3. The summed E-state index contributed by atoms with van der Waals surface area (Å²) in [5.74, 6) is -0.126. The number of carbonyl (C=O) groups is 1. The molecule has 0 aromatic heterocycles. The molecule has 0 atom stereocenters. The number of hydrogen-bond donors (Lipinski definition) is 0. The first kappa shape index (κ1) is 10.7. The highest BCUT2D eigenvalue weighted by molar-refractivity contribution is 5.80. The van der Waals surface area contributed by atoms with Gasteiger partial charge in [0.1, 0.15) is 11.6 Å². The van der Waals surface area contributed by atoms with Gasteiger partial charge < -0.3 is 4.90 Å². The summed E-state index contributed by atoms with van der Waals surface area (Å²) in [4.78, 5) is 12.7. The van der Waals surface area contributed by atoms with E-state index in [1.165, 1.54) is 13.0 Å². The van der Waals surface area contributed by atoms with Gasteiger partial charge in [-0.2, -0.15) is 0 Å². The van der Waals surface area contributed by atoms with Crippen LogP contribution in [-0.4, -0.2) is 19.4 Å². The van der Waals surface area contributed by atoms with Crippen LogP contribution >= 0.6 is 0 Å². The molecule has 76 valence electrons. The highest BCUT2D eigenvalue weighted by Crippen LogP contribution is 2.16. The Morgan fingerprint density at radius 1 is 1.50 bits per heavy atom. The molecular formula is C11H14FNO. The van der Waals surface area contributed by atoms with E-state index < -0.39 is 0 Å². The molecule has 14 heavy (non-hydrogen) atoms.